The Balaban J connectivity index is 1.16. The maximum Gasteiger partial charge on any atom is 0.280 e. The summed E-state index contributed by atoms with van der Waals surface area (Å²) in [6, 6.07) is -2.70. The Labute approximate surface area is 356 Å². The second-order valence-corrected chi connectivity index (χ2v) is 15.2. The van der Waals surface area contributed by atoms with Crippen LogP contribution in [0.25, 0.3) is 11.2 Å². The molecule has 0 bridgehead atoms. The second-order valence-electron chi connectivity index (χ2n) is 15.2. The van der Waals surface area contributed by atoms with E-state index in [1.165, 1.54) is 11.5 Å². The van der Waals surface area contributed by atoms with Crippen molar-refractivity contribution < 1.29 is 83.8 Å². The SMILES string of the molecule is CC(=O)N[C@H]1[C@H](OCC(=O)N[C@@H](CCCCNC(=O)[C@H]2O[C@@H](C)[C@@H](O)[C@@H](O)[C@@H]2O)C(=O)NCC(=O)NC[C@H]2O[C@@H](n3cnc4c(=O)[nH]c(N)nc43)[C@H](O)[C@@H]2O)O[C@H](CO)[C@@H](O)[C@@H]1O. The van der Waals surface area contributed by atoms with E-state index in [1.54, 1.807) is 0 Å². The second kappa shape index (κ2) is 21.6. The third-order valence-corrected chi connectivity index (χ3v) is 10.6. The Bertz CT molecular complexity index is 1990. The minimum absolute atomic E-state index is 0.0133. The molecule has 3 saturated heterocycles. The Hall–Kier alpha value is -4.98. The topological polar surface area (TPSA) is 434 Å². The number of nitrogens with two attached hydrogens (primary N) is 1. The maximum atomic E-state index is 13.4. The molecule has 352 valence electrons. The summed E-state index contributed by atoms with van der Waals surface area (Å²) in [6.45, 7) is -0.0563. The predicted molar refractivity (Wildman–Crippen MR) is 207 cm³/mol. The zero-order chi connectivity index (χ0) is 46.3. The van der Waals surface area contributed by atoms with Crippen molar-refractivity contribution in [3.05, 3.63) is 16.7 Å². The van der Waals surface area contributed by atoms with E-state index in [0.29, 0.717) is 0 Å². The first-order chi connectivity index (χ1) is 29.8. The summed E-state index contributed by atoms with van der Waals surface area (Å²) in [7, 11) is 0. The Kier molecular flexibility index (Phi) is 16.8. The van der Waals surface area contributed by atoms with Crippen LogP contribution in [0.5, 0.6) is 0 Å². The third-order valence-electron chi connectivity index (χ3n) is 10.6. The van der Waals surface area contributed by atoms with Gasteiger partial charge in [-0.1, -0.05) is 0 Å². The number of unbranched alkanes of at least 4 members (excludes halogenated alkanes) is 1. The van der Waals surface area contributed by atoms with E-state index < -0.39 is 147 Å². The van der Waals surface area contributed by atoms with Gasteiger partial charge in [0.15, 0.2) is 29.8 Å². The van der Waals surface area contributed by atoms with Crippen molar-refractivity contribution >= 4 is 46.6 Å². The van der Waals surface area contributed by atoms with E-state index in [0.717, 1.165) is 13.3 Å². The molecule has 3 aliphatic heterocycles. The van der Waals surface area contributed by atoms with Gasteiger partial charge in [-0.15, -0.1) is 0 Å². The number of anilines is 1. The van der Waals surface area contributed by atoms with Gasteiger partial charge >= 0.3 is 0 Å². The quantitative estimate of drug-likeness (QED) is 0.0618. The smallest absolute Gasteiger partial charge is 0.280 e. The lowest BCUT2D eigenvalue weighted by atomic mass is 9.95. The van der Waals surface area contributed by atoms with Crippen molar-refractivity contribution in [2.45, 2.75) is 125 Å². The molecule has 0 saturated carbocycles. The van der Waals surface area contributed by atoms with Crippen LogP contribution < -0.4 is 37.9 Å². The molecule has 15 atom stereocenters. The number of amides is 5. The molecular formula is C35H54N10O18. The average molecular weight is 903 g/mol. The lowest BCUT2D eigenvalue weighted by Crippen LogP contribution is -2.64. The molecule has 0 aliphatic carbocycles. The number of rotatable bonds is 18. The highest BCUT2D eigenvalue weighted by Gasteiger charge is 2.47. The molecule has 0 unspecified atom stereocenters. The number of nitrogens with one attached hydrogen (secondary N) is 6. The molecule has 0 aromatic carbocycles. The minimum Gasteiger partial charge on any atom is -0.394 e. The van der Waals surface area contributed by atoms with Crippen LogP contribution in [-0.4, -0.2) is 208 Å². The number of aromatic nitrogens is 4. The fourth-order valence-electron chi connectivity index (χ4n) is 7.15. The molecule has 16 N–H and O–H groups in total. The van der Waals surface area contributed by atoms with Gasteiger partial charge in [-0.25, -0.2) is 4.98 Å². The van der Waals surface area contributed by atoms with Gasteiger partial charge < -0.3 is 92.1 Å². The first kappa shape index (κ1) is 49.0. The Morgan fingerprint density at radius 1 is 0.889 bits per heavy atom. The molecular weight excluding hydrogens is 848 g/mol. The number of hydrogen-bond donors (Lipinski definition) is 15. The van der Waals surface area contributed by atoms with E-state index in [9.17, 15) is 69.6 Å². The van der Waals surface area contributed by atoms with E-state index in [2.05, 4.69) is 41.5 Å². The lowest BCUT2D eigenvalue weighted by Gasteiger charge is -2.42. The molecule has 5 amide bonds. The predicted octanol–water partition coefficient (Wildman–Crippen LogP) is -8.85. The van der Waals surface area contributed by atoms with Gasteiger partial charge in [-0.2, -0.15) is 4.98 Å². The molecule has 0 radical (unpaired) electrons. The molecule has 2 aromatic rings. The van der Waals surface area contributed by atoms with Crippen molar-refractivity contribution in [2.24, 2.45) is 0 Å². The van der Waals surface area contributed by atoms with Gasteiger partial charge in [0.2, 0.25) is 29.6 Å². The number of aromatic amines is 1. The molecule has 28 nitrogen and oxygen atoms in total. The number of carbonyl (C=O) groups excluding carboxylic acids is 5. The van der Waals surface area contributed by atoms with Crippen molar-refractivity contribution in [1.29, 1.82) is 0 Å². The molecule has 28 heteroatoms. The fourth-order valence-corrected chi connectivity index (χ4v) is 7.15. The Morgan fingerprint density at radius 3 is 2.30 bits per heavy atom. The summed E-state index contributed by atoms with van der Waals surface area (Å²) < 4.78 is 23.2. The van der Waals surface area contributed by atoms with Crippen LogP contribution in [0.15, 0.2) is 11.1 Å². The third kappa shape index (κ3) is 11.8. The van der Waals surface area contributed by atoms with Gasteiger partial charge in [0.1, 0.15) is 73.6 Å². The van der Waals surface area contributed by atoms with Crippen LogP contribution in [0.2, 0.25) is 0 Å². The van der Waals surface area contributed by atoms with Crippen LogP contribution in [0, 0.1) is 0 Å². The molecule has 5 rings (SSSR count). The van der Waals surface area contributed by atoms with E-state index in [-0.39, 0.29) is 49.5 Å². The van der Waals surface area contributed by atoms with Crippen LogP contribution in [0.4, 0.5) is 5.95 Å². The first-order valence-electron chi connectivity index (χ1n) is 19.9. The normalized spacial score (nSPS) is 32.4. The largest absolute Gasteiger partial charge is 0.394 e. The molecule has 3 fully saturated rings. The number of nitrogen functional groups attached to an aromatic ring is 1. The van der Waals surface area contributed by atoms with Crippen LogP contribution in [-0.2, 0) is 42.9 Å². The average Bonchev–Trinajstić information content (AvgIpc) is 3.79. The van der Waals surface area contributed by atoms with Crippen molar-refractivity contribution in [1.82, 2.24) is 46.1 Å². The number of ether oxygens (including phenoxy) is 4. The maximum absolute atomic E-state index is 13.4. The number of carbonyl (C=O) groups is 5. The standard InChI is InChI=1S/C35H54N10O18/c1-12-21(50)25(54)26(55)28(61-12)32(59)37-6-4-3-5-14(42-18(49)10-60-34-19(41-13(2)47)24(53)23(52)16(9-46)63-34)30(57)39-8-17(48)38-7-15-22(51)27(56)33(62-15)45-11-40-20-29(45)43-35(36)44-31(20)58/h11-12,14-16,19,21-28,33-34,46,50-56H,3-10H2,1-2H3,(H,37,59)(H,38,48)(H,39,57)(H,41,47)(H,42,49)(H3,36,43,44,58)/t12-,14-,15+,16+,19+,21+,22+,23+,24+,25+,26-,27+,28-,33+,34+/m0/s1. The summed E-state index contributed by atoms with van der Waals surface area (Å²) >= 11 is 0. The summed E-state index contributed by atoms with van der Waals surface area (Å²) in [5, 5.41) is 94.1. The van der Waals surface area contributed by atoms with Crippen LogP contribution in [0.1, 0.15) is 39.3 Å². The summed E-state index contributed by atoms with van der Waals surface area (Å²) in [5.41, 5.74) is 4.85. The van der Waals surface area contributed by atoms with Crippen molar-refractivity contribution in [3.8, 4) is 0 Å². The lowest BCUT2D eigenvalue weighted by molar-refractivity contribution is -0.268. The molecule has 3 aliphatic rings. The van der Waals surface area contributed by atoms with Gasteiger partial charge in [-0.3, -0.25) is 38.3 Å². The summed E-state index contributed by atoms with van der Waals surface area (Å²) in [5.74, 6) is -4.19. The first-order valence-corrected chi connectivity index (χ1v) is 19.9. The highest BCUT2D eigenvalue weighted by molar-refractivity contribution is 5.90. The fraction of sp³-hybridized carbons (Fsp3) is 0.714. The van der Waals surface area contributed by atoms with E-state index in [4.69, 9.17) is 24.7 Å². The number of fused-ring (bicyclic) bond motifs is 1. The molecule has 63 heavy (non-hydrogen) atoms. The number of nitrogens with zero attached hydrogens (tertiary/aromatic N) is 3. The molecule has 5 heterocycles. The Morgan fingerprint density at radius 2 is 1.60 bits per heavy atom. The van der Waals surface area contributed by atoms with Gasteiger partial charge in [0, 0.05) is 20.0 Å². The number of aliphatic hydroxyl groups is 8. The van der Waals surface area contributed by atoms with Gasteiger partial charge in [-0.05, 0) is 26.2 Å². The number of H-pyrrole nitrogens is 1. The van der Waals surface area contributed by atoms with Gasteiger partial charge in [0.05, 0.1) is 25.6 Å². The number of imidazole rings is 1. The van der Waals surface area contributed by atoms with Crippen LogP contribution in [0.3, 0.4) is 0 Å². The van der Waals surface area contributed by atoms with Crippen molar-refractivity contribution in [2.75, 3.05) is 38.6 Å². The highest BCUT2D eigenvalue weighted by Crippen LogP contribution is 2.31. The highest BCUT2D eigenvalue weighted by atomic mass is 16.7. The molecule has 0 spiro atoms. The van der Waals surface area contributed by atoms with E-state index in [1.807, 2.05) is 0 Å². The zero-order valence-corrected chi connectivity index (χ0v) is 34.0. The van der Waals surface area contributed by atoms with Crippen LogP contribution >= 0.6 is 0 Å². The van der Waals surface area contributed by atoms with Crippen molar-refractivity contribution in [3.63, 3.8) is 0 Å². The summed E-state index contributed by atoms with van der Waals surface area (Å²) in [6.07, 6.45) is -17.4. The molecule has 2 aromatic heterocycles. The monoisotopic (exact) mass is 902 g/mol. The minimum atomic E-state index is -1.71. The van der Waals surface area contributed by atoms with E-state index >= 15 is 0 Å². The number of aliphatic hydroxyl groups excluding tert-OH is 8. The van der Waals surface area contributed by atoms with Gasteiger partial charge in [0.25, 0.3) is 11.5 Å². The zero-order valence-electron chi connectivity index (χ0n) is 34.0. The number of hydrogen-bond acceptors (Lipinski definition) is 21. The summed E-state index contributed by atoms with van der Waals surface area (Å²) in [4.78, 5) is 86.3.